The lowest BCUT2D eigenvalue weighted by Gasteiger charge is -2.44. The van der Waals surface area contributed by atoms with Gasteiger partial charge in [0.2, 0.25) is 5.91 Å². The molecule has 4 aliphatic heterocycles. The number of halogens is 2. The highest BCUT2D eigenvalue weighted by atomic mass is 79.9. The quantitative estimate of drug-likeness (QED) is 0.464. The number of ketones is 1. The summed E-state index contributed by atoms with van der Waals surface area (Å²) in [7, 11) is 0. The molecule has 1 unspecified atom stereocenters. The van der Waals surface area contributed by atoms with Gasteiger partial charge in [0.25, 0.3) is 0 Å². The van der Waals surface area contributed by atoms with Gasteiger partial charge in [-0.1, -0.05) is 58.4 Å². The molecule has 0 aliphatic carbocycles. The molecule has 3 atom stereocenters. The fraction of sp³-hybridized carbons (Fsp3) is 0.562. The summed E-state index contributed by atoms with van der Waals surface area (Å²) in [4.78, 5) is 32.4. The van der Waals surface area contributed by atoms with E-state index in [4.69, 9.17) is 4.74 Å². The lowest BCUT2D eigenvalue weighted by Crippen LogP contribution is -2.55. The van der Waals surface area contributed by atoms with Crippen LogP contribution in [0.25, 0.3) is 0 Å². The van der Waals surface area contributed by atoms with E-state index in [0.29, 0.717) is 37.4 Å². The highest BCUT2D eigenvalue weighted by molar-refractivity contribution is 9.10. The summed E-state index contributed by atoms with van der Waals surface area (Å²) in [5.41, 5.74) is 2.22. The number of hydrogen-bond acceptors (Lipinski definition) is 5. The first-order valence-corrected chi connectivity index (χ1v) is 15.5. The molecule has 1 N–H and O–H groups in total. The summed E-state index contributed by atoms with van der Waals surface area (Å²) >= 11 is 3.50. The Morgan fingerprint density at radius 2 is 1.65 bits per heavy atom. The van der Waals surface area contributed by atoms with Crippen LogP contribution in [0, 0.1) is 17.3 Å². The van der Waals surface area contributed by atoms with E-state index in [2.05, 4.69) is 73.5 Å². The van der Waals surface area contributed by atoms with E-state index in [-0.39, 0.29) is 35.7 Å². The van der Waals surface area contributed by atoms with Gasteiger partial charge in [-0.3, -0.25) is 14.5 Å². The predicted octanol–water partition coefficient (Wildman–Crippen LogP) is 5.05. The molecule has 2 aromatic rings. The molecule has 4 fully saturated rings. The molecule has 6 nitrogen and oxygen atoms in total. The van der Waals surface area contributed by atoms with Gasteiger partial charge in [-0.25, -0.2) is 0 Å². The van der Waals surface area contributed by atoms with Gasteiger partial charge >= 0.3 is 0 Å². The van der Waals surface area contributed by atoms with Crippen LogP contribution >= 0.6 is 28.3 Å². The molecule has 0 aromatic heterocycles. The summed E-state index contributed by atoms with van der Waals surface area (Å²) in [5.74, 6) is 1.35. The Morgan fingerprint density at radius 1 is 0.975 bits per heavy atom. The second kappa shape index (κ2) is 13.0. The van der Waals surface area contributed by atoms with Crippen molar-refractivity contribution in [2.75, 3.05) is 45.9 Å². The van der Waals surface area contributed by atoms with Crippen LogP contribution in [0.15, 0.2) is 59.1 Å². The summed E-state index contributed by atoms with van der Waals surface area (Å²) in [6.45, 7) is 6.26. The molecule has 0 bridgehead atoms. The Hall–Kier alpha value is -1.77. The van der Waals surface area contributed by atoms with Crippen LogP contribution in [-0.4, -0.2) is 73.5 Å². The number of ether oxygens (including phenoxy) is 1. The largest absolute Gasteiger partial charge is 0.381 e. The zero-order chi connectivity index (χ0) is 26.8. The maximum atomic E-state index is 14.2. The predicted molar refractivity (Wildman–Crippen MR) is 163 cm³/mol. The SMILES string of the molecule is Cl.O=C(C1CCOCC1)C([C@@H]1CNC[C@@H]1c1ccccc1)N1CCC2(CCN(Cc3ccc(Br)cc3)C2=O)CC1. The number of hydrogen-bond donors (Lipinski definition) is 1. The summed E-state index contributed by atoms with van der Waals surface area (Å²) in [5, 5.41) is 3.62. The zero-order valence-electron chi connectivity index (χ0n) is 23.1. The van der Waals surface area contributed by atoms with Gasteiger partial charge in [0, 0.05) is 61.6 Å². The Labute approximate surface area is 252 Å². The second-order valence-corrected chi connectivity index (χ2v) is 12.9. The molecule has 4 aliphatic rings. The molecule has 216 valence electrons. The second-order valence-electron chi connectivity index (χ2n) is 12.0. The van der Waals surface area contributed by atoms with Crippen molar-refractivity contribution in [3.63, 3.8) is 0 Å². The Bertz CT molecular complexity index is 1150. The van der Waals surface area contributed by atoms with Gasteiger partial charge < -0.3 is 15.0 Å². The minimum absolute atomic E-state index is 0. The third-order valence-electron chi connectivity index (χ3n) is 9.85. The third kappa shape index (κ3) is 6.05. The number of piperidine rings is 1. The number of carbonyl (C=O) groups excluding carboxylic acids is 2. The highest BCUT2D eigenvalue weighted by Crippen LogP contribution is 2.44. The van der Waals surface area contributed by atoms with Gasteiger partial charge in [0.15, 0.2) is 5.78 Å². The van der Waals surface area contributed by atoms with Crippen molar-refractivity contribution in [1.29, 1.82) is 0 Å². The topological polar surface area (TPSA) is 61.9 Å². The zero-order valence-corrected chi connectivity index (χ0v) is 25.5. The molecular weight excluding hydrogens is 590 g/mol. The van der Waals surface area contributed by atoms with Crippen molar-refractivity contribution in [3.05, 3.63) is 70.2 Å². The van der Waals surface area contributed by atoms with Gasteiger partial charge in [0.05, 0.1) is 11.5 Å². The first-order valence-electron chi connectivity index (χ1n) is 14.7. The molecule has 6 rings (SSSR count). The fourth-order valence-corrected chi connectivity index (χ4v) is 7.79. The van der Waals surface area contributed by atoms with Crippen molar-refractivity contribution < 1.29 is 14.3 Å². The Morgan fingerprint density at radius 3 is 2.35 bits per heavy atom. The lowest BCUT2D eigenvalue weighted by atomic mass is 9.73. The van der Waals surface area contributed by atoms with Crippen LogP contribution in [0.1, 0.15) is 49.1 Å². The van der Waals surface area contributed by atoms with Gasteiger partial charge in [-0.15, -0.1) is 12.4 Å². The molecule has 0 saturated carbocycles. The van der Waals surface area contributed by atoms with E-state index >= 15 is 0 Å². The van der Waals surface area contributed by atoms with E-state index in [1.54, 1.807) is 0 Å². The number of amides is 1. The van der Waals surface area contributed by atoms with Crippen LogP contribution in [-0.2, 0) is 20.9 Å². The number of nitrogens with one attached hydrogen (secondary N) is 1. The van der Waals surface area contributed by atoms with Crippen molar-refractivity contribution >= 4 is 40.0 Å². The van der Waals surface area contributed by atoms with Crippen molar-refractivity contribution in [2.45, 2.75) is 50.6 Å². The van der Waals surface area contributed by atoms with Crippen LogP contribution < -0.4 is 5.32 Å². The molecule has 4 heterocycles. The van der Waals surface area contributed by atoms with E-state index < -0.39 is 0 Å². The minimum Gasteiger partial charge on any atom is -0.381 e. The number of nitrogens with zero attached hydrogens (tertiary/aromatic N) is 2. The van der Waals surface area contributed by atoms with Gasteiger partial charge in [0.1, 0.15) is 0 Å². The molecule has 0 radical (unpaired) electrons. The summed E-state index contributed by atoms with van der Waals surface area (Å²) < 4.78 is 6.66. The van der Waals surface area contributed by atoms with Crippen LogP contribution in [0.3, 0.4) is 0 Å². The smallest absolute Gasteiger partial charge is 0.229 e. The van der Waals surface area contributed by atoms with E-state index in [1.807, 2.05) is 12.1 Å². The lowest BCUT2D eigenvalue weighted by molar-refractivity contribution is -0.141. The van der Waals surface area contributed by atoms with Gasteiger partial charge in [-0.05, 0) is 68.5 Å². The molecule has 8 heteroatoms. The Balaban J connectivity index is 0.00000323. The molecule has 4 saturated heterocycles. The third-order valence-corrected chi connectivity index (χ3v) is 10.4. The van der Waals surface area contributed by atoms with Crippen molar-refractivity contribution in [3.8, 4) is 0 Å². The fourth-order valence-electron chi connectivity index (χ4n) is 7.53. The summed E-state index contributed by atoms with van der Waals surface area (Å²) in [6.07, 6.45) is 4.26. The van der Waals surface area contributed by atoms with Crippen LogP contribution in [0.4, 0.5) is 0 Å². The maximum absolute atomic E-state index is 14.2. The average molecular weight is 631 g/mol. The van der Waals surface area contributed by atoms with E-state index in [0.717, 1.165) is 69.3 Å². The number of benzene rings is 2. The van der Waals surface area contributed by atoms with Gasteiger partial charge in [-0.2, -0.15) is 0 Å². The van der Waals surface area contributed by atoms with E-state index in [1.165, 1.54) is 11.1 Å². The molecule has 2 aromatic carbocycles. The molecular formula is C32H41BrClN3O3. The number of carbonyl (C=O) groups is 2. The maximum Gasteiger partial charge on any atom is 0.229 e. The normalized spacial score (nSPS) is 26.1. The number of rotatable bonds is 7. The van der Waals surface area contributed by atoms with Crippen molar-refractivity contribution in [2.24, 2.45) is 17.3 Å². The Kier molecular flexibility index (Phi) is 9.68. The monoisotopic (exact) mass is 629 g/mol. The first kappa shape index (κ1) is 29.7. The highest BCUT2D eigenvalue weighted by Gasteiger charge is 2.51. The van der Waals surface area contributed by atoms with Crippen LogP contribution in [0.2, 0.25) is 0 Å². The molecule has 1 amide bonds. The van der Waals surface area contributed by atoms with E-state index in [9.17, 15) is 9.59 Å². The average Bonchev–Trinajstić information content (AvgIpc) is 3.58. The molecule has 40 heavy (non-hydrogen) atoms. The molecule has 1 spiro atoms. The standard InChI is InChI=1S/C32H40BrN3O3.ClH/c33-26-8-6-23(7-9-26)22-36-17-14-32(31(36)38)12-15-35(16-13-32)29(30(37)25-10-18-39-19-11-25)28-21-34-20-27(28)24-4-2-1-3-5-24;/h1-9,25,27-29,34H,10-22H2;1H/t27-,28-,29?;/m1./s1. The van der Waals surface area contributed by atoms with Crippen LogP contribution in [0.5, 0.6) is 0 Å². The number of Topliss-reactive ketones (excluding diaryl/α,β-unsaturated/α-hetero) is 1. The first-order chi connectivity index (χ1) is 19.0. The van der Waals surface area contributed by atoms with Crippen molar-refractivity contribution in [1.82, 2.24) is 15.1 Å². The minimum atomic E-state index is -0.273. The summed E-state index contributed by atoms with van der Waals surface area (Å²) in [6, 6.07) is 18.9. The number of likely N-dealkylation sites (tertiary alicyclic amines) is 2.